The van der Waals surface area contributed by atoms with Crippen molar-refractivity contribution in [1.82, 2.24) is 4.31 Å². The van der Waals surface area contributed by atoms with E-state index in [1.807, 2.05) is 18.2 Å². The van der Waals surface area contributed by atoms with Gasteiger partial charge in [0.05, 0.1) is 6.26 Å². The average Bonchev–Trinajstić information content (AvgIpc) is 2.60. The fourth-order valence-corrected chi connectivity index (χ4v) is 3.69. The van der Waals surface area contributed by atoms with Crippen LogP contribution >= 0.6 is 11.6 Å². The minimum atomic E-state index is -3.23. The van der Waals surface area contributed by atoms with Gasteiger partial charge in [0.25, 0.3) is 5.91 Å². The lowest BCUT2D eigenvalue weighted by Crippen LogP contribution is -2.35. The van der Waals surface area contributed by atoms with Gasteiger partial charge >= 0.3 is 0 Å². The summed E-state index contributed by atoms with van der Waals surface area (Å²) in [6, 6.07) is 12.3. The lowest BCUT2D eigenvalue weighted by Gasteiger charge is -2.27. The molecule has 2 aromatic carbocycles. The molecule has 1 aliphatic heterocycles. The van der Waals surface area contributed by atoms with E-state index in [0.717, 1.165) is 11.1 Å². The Morgan fingerprint density at radius 2 is 1.92 bits per heavy atom. The molecule has 0 saturated heterocycles. The number of rotatable bonds is 5. The van der Waals surface area contributed by atoms with E-state index in [4.69, 9.17) is 16.3 Å². The smallest absolute Gasteiger partial charge is 0.262 e. The Morgan fingerprint density at radius 1 is 1.19 bits per heavy atom. The van der Waals surface area contributed by atoms with E-state index in [1.165, 1.54) is 10.6 Å². The molecular weight excluding hydrogens is 376 g/mol. The van der Waals surface area contributed by atoms with Gasteiger partial charge in [-0.3, -0.25) is 4.79 Å². The second-order valence-electron chi connectivity index (χ2n) is 6.12. The molecule has 1 heterocycles. The van der Waals surface area contributed by atoms with Crippen molar-refractivity contribution in [3.8, 4) is 5.75 Å². The van der Waals surface area contributed by atoms with Gasteiger partial charge in [-0.1, -0.05) is 17.7 Å². The van der Waals surface area contributed by atoms with Crippen LogP contribution in [0.15, 0.2) is 42.5 Å². The molecule has 138 valence electrons. The Kier molecular flexibility index (Phi) is 5.50. The highest BCUT2D eigenvalue weighted by Crippen LogP contribution is 2.24. The van der Waals surface area contributed by atoms with E-state index >= 15 is 0 Å². The van der Waals surface area contributed by atoms with Gasteiger partial charge < -0.3 is 10.1 Å². The number of hydrogen-bond acceptors (Lipinski definition) is 4. The molecule has 0 spiro atoms. The van der Waals surface area contributed by atoms with Crippen molar-refractivity contribution in [3.05, 3.63) is 58.6 Å². The zero-order valence-corrected chi connectivity index (χ0v) is 15.8. The standard InChI is InChI=1S/C18H19ClN2O4S/c1-26(23,24)21-9-8-13-2-5-16(10-14(13)11-21)20-18(22)12-25-17-6-3-15(19)4-7-17/h2-7,10H,8-9,11-12H2,1H3,(H,20,22). The monoisotopic (exact) mass is 394 g/mol. The summed E-state index contributed by atoms with van der Waals surface area (Å²) in [5.41, 5.74) is 2.61. The molecule has 0 radical (unpaired) electrons. The first-order valence-corrected chi connectivity index (χ1v) is 10.3. The summed E-state index contributed by atoms with van der Waals surface area (Å²) in [7, 11) is -3.23. The molecule has 2 aromatic rings. The zero-order chi connectivity index (χ0) is 18.7. The van der Waals surface area contributed by atoms with E-state index in [1.54, 1.807) is 24.3 Å². The van der Waals surface area contributed by atoms with E-state index < -0.39 is 10.0 Å². The Balaban J connectivity index is 1.61. The first-order valence-electron chi connectivity index (χ1n) is 8.06. The molecule has 0 aromatic heterocycles. The van der Waals surface area contributed by atoms with Crippen molar-refractivity contribution in [2.45, 2.75) is 13.0 Å². The molecule has 0 aliphatic carbocycles. The van der Waals surface area contributed by atoms with Gasteiger partial charge in [-0.2, -0.15) is 4.31 Å². The Labute approximate surface area is 157 Å². The number of benzene rings is 2. The van der Waals surface area contributed by atoms with E-state index in [0.29, 0.717) is 36.0 Å². The number of anilines is 1. The predicted molar refractivity (Wildman–Crippen MR) is 101 cm³/mol. The summed E-state index contributed by atoms with van der Waals surface area (Å²) in [5, 5.41) is 3.37. The number of fused-ring (bicyclic) bond motifs is 1. The number of nitrogens with one attached hydrogen (secondary N) is 1. The van der Waals surface area contributed by atoms with E-state index in [9.17, 15) is 13.2 Å². The van der Waals surface area contributed by atoms with E-state index in [2.05, 4.69) is 5.32 Å². The zero-order valence-electron chi connectivity index (χ0n) is 14.2. The van der Waals surface area contributed by atoms with Crippen LogP contribution in [0.25, 0.3) is 0 Å². The highest BCUT2D eigenvalue weighted by molar-refractivity contribution is 7.88. The van der Waals surface area contributed by atoms with Crippen LogP contribution in [0.3, 0.4) is 0 Å². The molecule has 0 atom stereocenters. The summed E-state index contributed by atoms with van der Waals surface area (Å²) < 4.78 is 30.3. The summed E-state index contributed by atoms with van der Waals surface area (Å²) in [5.74, 6) is 0.259. The molecule has 0 bridgehead atoms. The number of sulfonamides is 1. The number of nitrogens with zero attached hydrogens (tertiary/aromatic N) is 1. The van der Waals surface area contributed by atoms with Gasteiger partial charge in [-0.25, -0.2) is 8.42 Å². The largest absolute Gasteiger partial charge is 0.484 e. The van der Waals surface area contributed by atoms with E-state index in [-0.39, 0.29) is 12.5 Å². The minimum Gasteiger partial charge on any atom is -0.484 e. The average molecular weight is 395 g/mol. The van der Waals surface area contributed by atoms with Crippen molar-refractivity contribution < 1.29 is 17.9 Å². The maximum absolute atomic E-state index is 12.1. The topological polar surface area (TPSA) is 75.7 Å². The van der Waals surface area contributed by atoms with Gasteiger partial charge in [0, 0.05) is 23.8 Å². The van der Waals surface area contributed by atoms with Crippen molar-refractivity contribution in [2.75, 3.05) is 24.7 Å². The quantitative estimate of drug-likeness (QED) is 0.845. The van der Waals surface area contributed by atoms with Crippen molar-refractivity contribution in [3.63, 3.8) is 0 Å². The minimum absolute atomic E-state index is 0.131. The second kappa shape index (κ2) is 7.65. The fraction of sp³-hybridized carbons (Fsp3) is 0.278. The van der Waals surface area contributed by atoms with Crippen LogP contribution in [0.5, 0.6) is 5.75 Å². The van der Waals surface area contributed by atoms with Crippen LogP contribution < -0.4 is 10.1 Å². The van der Waals surface area contributed by atoms with Gasteiger partial charge in [0.15, 0.2) is 6.61 Å². The lowest BCUT2D eigenvalue weighted by molar-refractivity contribution is -0.118. The van der Waals surface area contributed by atoms with Crippen LogP contribution in [-0.2, 0) is 27.8 Å². The maximum Gasteiger partial charge on any atom is 0.262 e. The van der Waals surface area contributed by atoms with Crippen LogP contribution in [0.4, 0.5) is 5.69 Å². The molecule has 8 heteroatoms. The van der Waals surface area contributed by atoms with Crippen molar-refractivity contribution in [2.24, 2.45) is 0 Å². The molecule has 0 fully saturated rings. The number of halogens is 1. The van der Waals surface area contributed by atoms with Crippen LogP contribution in [0.2, 0.25) is 5.02 Å². The number of amides is 1. The van der Waals surface area contributed by atoms with Gasteiger partial charge in [0.2, 0.25) is 10.0 Å². The Morgan fingerprint density at radius 3 is 2.62 bits per heavy atom. The number of hydrogen-bond donors (Lipinski definition) is 1. The summed E-state index contributed by atoms with van der Waals surface area (Å²) in [6.07, 6.45) is 1.87. The second-order valence-corrected chi connectivity index (χ2v) is 8.54. The van der Waals surface area contributed by atoms with Crippen molar-refractivity contribution >= 4 is 33.2 Å². The number of carbonyl (C=O) groups is 1. The van der Waals surface area contributed by atoms with Crippen LogP contribution in [0, 0.1) is 0 Å². The molecule has 26 heavy (non-hydrogen) atoms. The number of carbonyl (C=O) groups excluding carboxylic acids is 1. The SMILES string of the molecule is CS(=O)(=O)N1CCc2ccc(NC(=O)COc3ccc(Cl)cc3)cc2C1. The lowest BCUT2D eigenvalue weighted by atomic mass is 10.0. The van der Waals surface area contributed by atoms with Gasteiger partial charge in [-0.05, 0) is 53.9 Å². The van der Waals surface area contributed by atoms with Crippen LogP contribution in [-0.4, -0.2) is 38.0 Å². The molecule has 1 aliphatic rings. The molecule has 3 rings (SSSR count). The third-order valence-electron chi connectivity index (χ3n) is 4.12. The normalized spacial score (nSPS) is 14.5. The highest BCUT2D eigenvalue weighted by atomic mass is 35.5. The Bertz CT molecular complexity index is 913. The van der Waals surface area contributed by atoms with Gasteiger partial charge in [-0.15, -0.1) is 0 Å². The molecule has 1 amide bonds. The summed E-state index contributed by atoms with van der Waals surface area (Å²) in [4.78, 5) is 12.1. The first kappa shape index (κ1) is 18.7. The van der Waals surface area contributed by atoms with Gasteiger partial charge in [0.1, 0.15) is 5.75 Å². The third-order valence-corrected chi connectivity index (χ3v) is 5.62. The maximum atomic E-state index is 12.1. The molecule has 0 saturated carbocycles. The molecule has 6 nitrogen and oxygen atoms in total. The molecule has 0 unspecified atom stereocenters. The first-order chi connectivity index (χ1) is 12.3. The summed E-state index contributed by atoms with van der Waals surface area (Å²) in [6.45, 7) is 0.666. The highest BCUT2D eigenvalue weighted by Gasteiger charge is 2.23. The predicted octanol–water partition coefficient (Wildman–Crippen LogP) is 2.68. The van der Waals surface area contributed by atoms with Crippen molar-refractivity contribution in [1.29, 1.82) is 0 Å². The fourth-order valence-electron chi connectivity index (χ4n) is 2.77. The third kappa shape index (κ3) is 4.75. The Hall–Kier alpha value is -2.09. The molecule has 1 N–H and O–H groups in total. The van der Waals surface area contributed by atoms with Crippen LogP contribution in [0.1, 0.15) is 11.1 Å². The molecular formula is C18H19ClN2O4S. The summed E-state index contributed by atoms with van der Waals surface area (Å²) >= 11 is 5.80. The number of ether oxygens (including phenoxy) is 1.